The lowest BCUT2D eigenvalue weighted by Gasteiger charge is -2.18. The third-order valence-electron chi connectivity index (χ3n) is 4.49. The average Bonchev–Trinajstić information content (AvgIpc) is 2.67. The number of nitrogens with one attached hydrogen (secondary N) is 1. The fraction of sp³-hybridized carbons (Fsp3) is 0.250. The van der Waals surface area contributed by atoms with Gasteiger partial charge in [0.05, 0.1) is 18.2 Å². The Balaban J connectivity index is 1.50. The van der Waals surface area contributed by atoms with Gasteiger partial charge in [0.15, 0.2) is 11.5 Å². The summed E-state index contributed by atoms with van der Waals surface area (Å²) < 4.78 is 16.4. The molecule has 0 saturated heterocycles. The predicted molar refractivity (Wildman–Crippen MR) is 97.9 cm³/mol. The zero-order valence-corrected chi connectivity index (χ0v) is 14.6. The van der Waals surface area contributed by atoms with Gasteiger partial charge in [0.25, 0.3) is 5.56 Å². The van der Waals surface area contributed by atoms with E-state index in [9.17, 15) is 4.79 Å². The summed E-state index contributed by atoms with van der Waals surface area (Å²) in [5.41, 5.74) is 2.61. The van der Waals surface area contributed by atoms with Crippen LogP contribution in [0.2, 0.25) is 0 Å². The van der Waals surface area contributed by atoms with Gasteiger partial charge in [-0.15, -0.1) is 0 Å². The van der Waals surface area contributed by atoms with Crippen LogP contribution in [0.25, 0.3) is 10.9 Å². The van der Waals surface area contributed by atoms with Gasteiger partial charge < -0.3 is 24.5 Å². The van der Waals surface area contributed by atoms with E-state index in [1.165, 1.54) is 5.56 Å². The second-order valence-electron chi connectivity index (χ2n) is 6.25. The van der Waals surface area contributed by atoms with Gasteiger partial charge in [-0.25, -0.2) is 0 Å². The smallest absolute Gasteiger partial charge is 0.257 e. The largest absolute Gasteiger partial charge is 0.497 e. The number of pyridine rings is 1. The second kappa shape index (κ2) is 7.09. The minimum atomic E-state index is -0.0693. The quantitative estimate of drug-likeness (QED) is 0.730. The van der Waals surface area contributed by atoms with Crippen molar-refractivity contribution in [3.8, 4) is 17.2 Å². The van der Waals surface area contributed by atoms with Crippen LogP contribution in [-0.4, -0.2) is 25.3 Å². The number of hydrogen-bond acceptors (Lipinski definition) is 4. The van der Waals surface area contributed by atoms with E-state index in [0.29, 0.717) is 25.5 Å². The van der Waals surface area contributed by atoms with Crippen molar-refractivity contribution in [1.29, 1.82) is 0 Å². The van der Waals surface area contributed by atoms with Gasteiger partial charge in [-0.3, -0.25) is 4.79 Å². The second-order valence-corrected chi connectivity index (χ2v) is 6.25. The van der Waals surface area contributed by atoms with E-state index in [4.69, 9.17) is 14.2 Å². The van der Waals surface area contributed by atoms with E-state index < -0.39 is 0 Å². The number of aromatic nitrogens is 1. The van der Waals surface area contributed by atoms with Crippen LogP contribution in [0.5, 0.6) is 17.2 Å². The molecule has 2 heterocycles. The van der Waals surface area contributed by atoms with Crippen LogP contribution in [0.3, 0.4) is 0 Å². The lowest BCUT2D eigenvalue weighted by molar-refractivity contribution is -0.686. The number of ether oxygens (including phenoxy) is 3. The van der Waals surface area contributed by atoms with Crippen LogP contribution in [-0.2, 0) is 13.1 Å². The third kappa shape index (κ3) is 3.36. The van der Waals surface area contributed by atoms with Gasteiger partial charge in [0.2, 0.25) is 0 Å². The molecule has 2 aromatic carbocycles. The summed E-state index contributed by atoms with van der Waals surface area (Å²) in [5, 5.41) is 3.05. The van der Waals surface area contributed by atoms with E-state index in [-0.39, 0.29) is 5.56 Å². The fourth-order valence-corrected chi connectivity index (χ4v) is 3.10. The molecule has 0 unspecified atom stereocenters. The Morgan fingerprint density at radius 1 is 1.04 bits per heavy atom. The molecule has 3 N–H and O–H groups in total. The van der Waals surface area contributed by atoms with Gasteiger partial charge >= 0.3 is 0 Å². The highest BCUT2D eigenvalue weighted by atomic mass is 16.6. The Bertz CT molecular complexity index is 980. The standard InChI is InChI=1S/C20H20N2O4/c1-24-16-4-2-13(3-5-16)11-21-12-15-8-14-9-18-19(26-7-6-25-18)10-17(14)22-20(15)23/h2-5,8-10,21H,6-7,11-12H2,1H3,(H,22,23)/p+1. The summed E-state index contributed by atoms with van der Waals surface area (Å²) in [6.07, 6.45) is 0. The minimum absolute atomic E-state index is 0.0693. The number of aromatic amines is 1. The number of fused-ring (bicyclic) bond motifs is 2. The molecule has 0 bridgehead atoms. The molecule has 0 fully saturated rings. The first-order valence-corrected chi connectivity index (χ1v) is 8.63. The van der Waals surface area contributed by atoms with Crippen molar-refractivity contribution in [3.63, 3.8) is 0 Å². The molecule has 4 rings (SSSR count). The molecule has 3 aromatic rings. The lowest BCUT2D eigenvalue weighted by Crippen LogP contribution is -2.81. The maximum Gasteiger partial charge on any atom is 0.257 e. The van der Waals surface area contributed by atoms with Gasteiger partial charge in [-0.05, 0) is 36.4 Å². The van der Waals surface area contributed by atoms with Crippen LogP contribution in [0.4, 0.5) is 0 Å². The van der Waals surface area contributed by atoms with Crippen LogP contribution < -0.4 is 25.1 Å². The maximum absolute atomic E-state index is 12.4. The van der Waals surface area contributed by atoms with Crippen molar-refractivity contribution in [2.75, 3.05) is 20.3 Å². The van der Waals surface area contributed by atoms with E-state index >= 15 is 0 Å². The lowest BCUT2D eigenvalue weighted by atomic mass is 10.1. The summed E-state index contributed by atoms with van der Waals surface area (Å²) in [7, 11) is 1.65. The van der Waals surface area contributed by atoms with Crippen LogP contribution in [0.1, 0.15) is 11.1 Å². The van der Waals surface area contributed by atoms with Crippen molar-refractivity contribution in [2.24, 2.45) is 0 Å². The van der Waals surface area contributed by atoms with Crippen molar-refractivity contribution in [3.05, 3.63) is 63.9 Å². The molecule has 0 radical (unpaired) electrons. The third-order valence-corrected chi connectivity index (χ3v) is 4.49. The highest BCUT2D eigenvalue weighted by molar-refractivity contribution is 5.83. The first kappa shape index (κ1) is 16.5. The van der Waals surface area contributed by atoms with Crippen molar-refractivity contribution in [2.45, 2.75) is 13.1 Å². The Morgan fingerprint density at radius 3 is 2.50 bits per heavy atom. The van der Waals surface area contributed by atoms with Gasteiger partial charge in [0, 0.05) is 17.0 Å². The first-order chi connectivity index (χ1) is 12.7. The van der Waals surface area contributed by atoms with Gasteiger partial charge in [0.1, 0.15) is 32.1 Å². The van der Waals surface area contributed by atoms with Crippen LogP contribution >= 0.6 is 0 Å². The number of nitrogens with two attached hydrogens (primary N) is 1. The number of methoxy groups -OCH3 is 1. The van der Waals surface area contributed by atoms with Crippen LogP contribution in [0, 0.1) is 0 Å². The molecule has 0 spiro atoms. The molecule has 0 aliphatic carbocycles. The molecule has 6 nitrogen and oxygen atoms in total. The number of rotatable bonds is 5. The molecule has 0 amide bonds. The molecular formula is C20H21N2O4+. The average molecular weight is 353 g/mol. The maximum atomic E-state index is 12.4. The van der Waals surface area contributed by atoms with E-state index in [1.807, 2.05) is 42.5 Å². The van der Waals surface area contributed by atoms with Crippen molar-refractivity contribution >= 4 is 10.9 Å². The van der Waals surface area contributed by atoms with Crippen molar-refractivity contribution in [1.82, 2.24) is 4.98 Å². The molecule has 0 atom stereocenters. The fourth-order valence-electron chi connectivity index (χ4n) is 3.10. The summed E-state index contributed by atoms with van der Waals surface area (Å²) >= 11 is 0. The molecule has 1 aliphatic heterocycles. The molecule has 6 heteroatoms. The molecule has 26 heavy (non-hydrogen) atoms. The van der Waals surface area contributed by atoms with E-state index in [2.05, 4.69) is 10.3 Å². The SMILES string of the molecule is COc1ccc(C[NH2+]Cc2cc3cc4c(cc3[nH]c2=O)OCCO4)cc1. The number of benzene rings is 2. The summed E-state index contributed by atoms with van der Waals surface area (Å²) in [4.78, 5) is 15.3. The summed E-state index contributed by atoms with van der Waals surface area (Å²) in [5.74, 6) is 2.25. The van der Waals surface area contributed by atoms with Crippen molar-refractivity contribution < 1.29 is 19.5 Å². The topological polar surface area (TPSA) is 77.2 Å². The molecule has 1 aromatic heterocycles. The highest BCUT2D eigenvalue weighted by Crippen LogP contribution is 2.33. The highest BCUT2D eigenvalue weighted by Gasteiger charge is 2.14. The Kier molecular flexibility index (Phi) is 4.50. The van der Waals surface area contributed by atoms with Gasteiger partial charge in [-0.1, -0.05) is 0 Å². The molecular weight excluding hydrogens is 332 g/mol. The number of H-pyrrole nitrogens is 1. The minimum Gasteiger partial charge on any atom is -0.497 e. The van der Waals surface area contributed by atoms with Crippen LogP contribution in [0.15, 0.2) is 47.3 Å². The number of hydrogen-bond donors (Lipinski definition) is 2. The molecule has 1 aliphatic rings. The summed E-state index contributed by atoms with van der Waals surface area (Å²) in [6.45, 7) is 2.47. The molecule has 134 valence electrons. The Morgan fingerprint density at radius 2 is 1.77 bits per heavy atom. The molecule has 0 saturated carbocycles. The number of quaternary nitrogens is 1. The van der Waals surface area contributed by atoms with E-state index in [1.54, 1.807) is 7.11 Å². The van der Waals surface area contributed by atoms with Gasteiger partial charge in [-0.2, -0.15) is 0 Å². The Labute approximate surface area is 150 Å². The first-order valence-electron chi connectivity index (χ1n) is 8.63. The zero-order chi connectivity index (χ0) is 17.9. The Hall–Kier alpha value is -2.99. The summed E-state index contributed by atoms with van der Waals surface area (Å²) in [6, 6.07) is 13.6. The normalized spacial score (nSPS) is 13.0. The van der Waals surface area contributed by atoms with E-state index in [0.717, 1.165) is 34.5 Å². The zero-order valence-electron chi connectivity index (χ0n) is 14.6. The monoisotopic (exact) mass is 353 g/mol. The predicted octanol–water partition coefficient (Wildman–Crippen LogP) is 1.57.